The summed E-state index contributed by atoms with van der Waals surface area (Å²) in [6.07, 6.45) is -0.675. The Morgan fingerprint density at radius 3 is 2.31 bits per heavy atom. The maximum Gasteiger partial charge on any atom is 0.276 e. The highest BCUT2D eigenvalue weighted by Gasteiger charge is 2.15. The Morgan fingerprint density at radius 1 is 1.03 bits per heavy atom. The number of aliphatic hydroxyl groups is 1. The third kappa shape index (κ3) is 5.42. The van der Waals surface area contributed by atoms with Gasteiger partial charge in [-0.05, 0) is 37.1 Å². The van der Waals surface area contributed by atoms with Crippen molar-refractivity contribution >= 4 is 11.8 Å². The van der Waals surface area contributed by atoms with Crippen LogP contribution in [0.5, 0.6) is 17.2 Å². The molecule has 0 aliphatic heterocycles. The first-order valence-electron chi connectivity index (χ1n) is 9.07. The molecule has 7 nitrogen and oxygen atoms in total. The summed E-state index contributed by atoms with van der Waals surface area (Å²) in [4.78, 5) is 0. The van der Waals surface area contributed by atoms with Crippen LogP contribution in [0.15, 0.2) is 46.0 Å². The summed E-state index contributed by atoms with van der Waals surface area (Å²) in [5, 5.41) is 18.7. The Morgan fingerprint density at radius 2 is 1.69 bits per heavy atom. The van der Waals surface area contributed by atoms with Gasteiger partial charge in [0.1, 0.15) is 23.9 Å². The van der Waals surface area contributed by atoms with Gasteiger partial charge in [0.2, 0.25) is 5.89 Å². The molecule has 0 unspecified atom stereocenters. The van der Waals surface area contributed by atoms with E-state index in [1.165, 1.54) is 11.8 Å². The van der Waals surface area contributed by atoms with Crippen molar-refractivity contribution in [3.05, 3.63) is 47.5 Å². The summed E-state index contributed by atoms with van der Waals surface area (Å²) < 4.78 is 22.0. The number of aryl methyl sites for hydroxylation is 2. The number of nitrogens with zero attached hydrogens (tertiary/aromatic N) is 2. The van der Waals surface area contributed by atoms with Crippen LogP contribution in [0, 0.1) is 13.8 Å². The lowest BCUT2D eigenvalue weighted by atomic mass is 10.1. The van der Waals surface area contributed by atoms with Gasteiger partial charge in [0, 0.05) is 17.4 Å². The topological polar surface area (TPSA) is 86.8 Å². The number of thioether (sulfide) groups is 1. The van der Waals surface area contributed by atoms with Crippen molar-refractivity contribution in [2.24, 2.45) is 0 Å². The van der Waals surface area contributed by atoms with Gasteiger partial charge in [-0.3, -0.25) is 0 Å². The van der Waals surface area contributed by atoms with E-state index < -0.39 is 6.10 Å². The quantitative estimate of drug-likeness (QED) is 0.526. The molecule has 0 fully saturated rings. The van der Waals surface area contributed by atoms with Gasteiger partial charge in [-0.25, -0.2) is 0 Å². The van der Waals surface area contributed by atoms with Crippen molar-refractivity contribution in [3.8, 4) is 28.7 Å². The number of rotatable bonds is 9. The molecule has 3 rings (SSSR count). The number of methoxy groups -OCH3 is 2. The molecular formula is C21H24N2O5S. The molecule has 1 aromatic heterocycles. The average Bonchev–Trinajstić information content (AvgIpc) is 3.20. The molecule has 1 heterocycles. The number of ether oxygens (including phenoxy) is 3. The fourth-order valence-electron chi connectivity index (χ4n) is 2.74. The number of hydrogen-bond donors (Lipinski definition) is 1. The van der Waals surface area contributed by atoms with E-state index >= 15 is 0 Å². The molecule has 2 aromatic carbocycles. The van der Waals surface area contributed by atoms with Crippen molar-refractivity contribution in [3.63, 3.8) is 0 Å². The van der Waals surface area contributed by atoms with Crippen LogP contribution in [0.3, 0.4) is 0 Å². The molecule has 0 bridgehead atoms. The smallest absolute Gasteiger partial charge is 0.276 e. The number of benzene rings is 2. The van der Waals surface area contributed by atoms with Crippen LogP contribution >= 0.6 is 11.8 Å². The van der Waals surface area contributed by atoms with Crippen LogP contribution < -0.4 is 14.2 Å². The molecule has 154 valence electrons. The minimum atomic E-state index is -0.675. The second kappa shape index (κ2) is 9.67. The van der Waals surface area contributed by atoms with E-state index in [1.807, 2.05) is 32.0 Å². The minimum Gasteiger partial charge on any atom is -0.497 e. The molecule has 0 aliphatic carbocycles. The van der Waals surface area contributed by atoms with Crippen LogP contribution in [0.2, 0.25) is 0 Å². The lowest BCUT2D eigenvalue weighted by Gasteiger charge is -2.14. The second-order valence-corrected chi connectivity index (χ2v) is 7.44. The highest BCUT2D eigenvalue weighted by Crippen LogP contribution is 2.30. The first kappa shape index (κ1) is 21.0. The molecule has 8 heteroatoms. The monoisotopic (exact) mass is 416 g/mol. The molecule has 29 heavy (non-hydrogen) atoms. The Hall–Kier alpha value is -2.71. The predicted molar refractivity (Wildman–Crippen MR) is 111 cm³/mol. The maximum atomic E-state index is 10.2. The van der Waals surface area contributed by atoms with Gasteiger partial charge in [-0.15, -0.1) is 10.2 Å². The van der Waals surface area contributed by atoms with Crippen molar-refractivity contribution in [1.82, 2.24) is 10.2 Å². The van der Waals surface area contributed by atoms with Gasteiger partial charge in [0.05, 0.1) is 20.3 Å². The fraction of sp³-hybridized carbons (Fsp3) is 0.333. The zero-order valence-electron chi connectivity index (χ0n) is 16.8. The van der Waals surface area contributed by atoms with Gasteiger partial charge in [0.15, 0.2) is 0 Å². The third-order valence-corrected chi connectivity index (χ3v) is 5.20. The van der Waals surface area contributed by atoms with Crippen molar-refractivity contribution in [2.45, 2.75) is 25.2 Å². The summed E-state index contributed by atoms with van der Waals surface area (Å²) >= 11 is 1.27. The second-order valence-electron chi connectivity index (χ2n) is 6.47. The molecular weight excluding hydrogens is 392 g/mol. The van der Waals surface area contributed by atoms with Crippen molar-refractivity contribution in [2.75, 3.05) is 26.6 Å². The standard InChI is InChI=1S/C21H24N2O5S/c1-13-6-5-7-14(2)19(13)27-11-16(24)12-29-21-23-22-20(28-21)15-8-17(25-3)10-18(9-15)26-4/h5-10,16,24H,11-12H2,1-4H3/t16-/m1/s1. The lowest BCUT2D eigenvalue weighted by Crippen LogP contribution is -2.20. The van der Waals surface area contributed by atoms with E-state index in [9.17, 15) is 5.11 Å². The van der Waals surface area contributed by atoms with E-state index in [2.05, 4.69) is 10.2 Å². The SMILES string of the molecule is COc1cc(OC)cc(-c2nnc(SC[C@H](O)COc3c(C)cccc3C)o2)c1. The molecule has 1 atom stereocenters. The number of para-hydroxylation sites is 1. The van der Waals surface area contributed by atoms with E-state index in [-0.39, 0.29) is 6.61 Å². The number of aromatic nitrogens is 2. The summed E-state index contributed by atoms with van der Waals surface area (Å²) in [6.45, 7) is 4.15. The lowest BCUT2D eigenvalue weighted by molar-refractivity contribution is 0.125. The maximum absolute atomic E-state index is 10.2. The Kier molecular flexibility index (Phi) is 7.00. The van der Waals surface area contributed by atoms with Gasteiger partial charge in [-0.2, -0.15) is 0 Å². The third-order valence-electron chi connectivity index (χ3n) is 4.23. The van der Waals surface area contributed by atoms with Crippen LogP contribution in [0.25, 0.3) is 11.5 Å². The van der Waals surface area contributed by atoms with Gasteiger partial charge < -0.3 is 23.7 Å². The molecule has 0 saturated heterocycles. The molecule has 0 saturated carbocycles. The number of hydrogen-bond acceptors (Lipinski definition) is 8. The Balaban J connectivity index is 1.58. The van der Waals surface area contributed by atoms with E-state index in [0.29, 0.717) is 33.9 Å². The molecule has 0 spiro atoms. The van der Waals surface area contributed by atoms with Gasteiger partial charge in [-0.1, -0.05) is 30.0 Å². The highest BCUT2D eigenvalue weighted by atomic mass is 32.2. The van der Waals surface area contributed by atoms with E-state index in [1.54, 1.807) is 32.4 Å². The van der Waals surface area contributed by atoms with E-state index in [0.717, 1.165) is 16.9 Å². The molecule has 1 N–H and O–H groups in total. The normalized spacial score (nSPS) is 11.9. The fourth-order valence-corrected chi connectivity index (χ4v) is 3.41. The van der Waals surface area contributed by atoms with Crippen LogP contribution in [0.1, 0.15) is 11.1 Å². The summed E-state index contributed by atoms with van der Waals surface area (Å²) in [5.41, 5.74) is 2.78. The predicted octanol–water partition coefficient (Wildman–Crippen LogP) is 3.90. The van der Waals surface area contributed by atoms with Crippen LogP contribution in [0.4, 0.5) is 0 Å². The number of aliphatic hydroxyl groups excluding tert-OH is 1. The van der Waals surface area contributed by atoms with Crippen LogP contribution in [-0.2, 0) is 0 Å². The Labute approximate surface area is 174 Å². The first-order chi connectivity index (χ1) is 14.0. The zero-order valence-corrected chi connectivity index (χ0v) is 17.7. The zero-order chi connectivity index (χ0) is 20.8. The largest absolute Gasteiger partial charge is 0.497 e. The molecule has 0 amide bonds. The molecule has 0 radical (unpaired) electrons. The Bertz CT molecular complexity index is 917. The highest BCUT2D eigenvalue weighted by molar-refractivity contribution is 7.99. The van der Waals surface area contributed by atoms with Gasteiger partial charge >= 0.3 is 0 Å². The molecule has 3 aromatic rings. The minimum absolute atomic E-state index is 0.187. The summed E-state index contributed by atoms with van der Waals surface area (Å²) in [5.74, 6) is 2.79. The van der Waals surface area contributed by atoms with Crippen molar-refractivity contribution in [1.29, 1.82) is 0 Å². The van der Waals surface area contributed by atoms with Crippen LogP contribution in [-0.4, -0.2) is 48.0 Å². The summed E-state index contributed by atoms with van der Waals surface area (Å²) in [7, 11) is 3.16. The van der Waals surface area contributed by atoms with E-state index in [4.69, 9.17) is 18.6 Å². The summed E-state index contributed by atoms with van der Waals surface area (Å²) in [6, 6.07) is 11.3. The average molecular weight is 416 g/mol. The first-order valence-corrected chi connectivity index (χ1v) is 10.1. The van der Waals surface area contributed by atoms with Crippen molar-refractivity contribution < 1.29 is 23.7 Å². The van der Waals surface area contributed by atoms with Gasteiger partial charge in [0.25, 0.3) is 5.22 Å². The molecule has 0 aliphatic rings.